The topological polar surface area (TPSA) is 20.2 Å². The fourth-order valence-electron chi connectivity index (χ4n) is 1.31. The lowest BCUT2D eigenvalue weighted by Gasteiger charge is -1.94. The van der Waals surface area contributed by atoms with Gasteiger partial charge in [-0.15, -0.1) is 11.3 Å². The van der Waals surface area contributed by atoms with Gasteiger partial charge in [-0.1, -0.05) is 12.1 Å². The number of thiophene rings is 1. The zero-order valence-electron chi connectivity index (χ0n) is 6.87. The first-order valence-corrected chi connectivity index (χ1v) is 4.77. The predicted octanol–water partition coefficient (Wildman–Crippen LogP) is 2.70. The summed E-state index contributed by atoms with van der Waals surface area (Å²) >= 11 is 1.69. The van der Waals surface area contributed by atoms with Crippen molar-refractivity contribution in [3.05, 3.63) is 34.7 Å². The van der Waals surface area contributed by atoms with E-state index in [2.05, 4.69) is 25.1 Å². The Balaban J connectivity index is 2.73. The molecular weight excluding hydrogens is 168 g/mol. The summed E-state index contributed by atoms with van der Waals surface area (Å²) in [6.07, 6.45) is 0. The van der Waals surface area contributed by atoms with Gasteiger partial charge < -0.3 is 5.11 Å². The SMILES string of the molecule is Cc1ccc2c(CO)csc2c1. The first-order valence-electron chi connectivity index (χ1n) is 3.89. The van der Waals surface area contributed by atoms with Crippen molar-refractivity contribution in [1.82, 2.24) is 0 Å². The molecule has 1 N–H and O–H groups in total. The molecule has 0 amide bonds. The van der Waals surface area contributed by atoms with Crippen molar-refractivity contribution in [3.63, 3.8) is 0 Å². The third-order valence-corrected chi connectivity index (χ3v) is 2.98. The summed E-state index contributed by atoms with van der Waals surface area (Å²) in [4.78, 5) is 0. The Hall–Kier alpha value is -0.860. The molecule has 62 valence electrons. The van der Waals surface area contributed by atoms with Crippen LogP contribution >= 0.6 is 11.3 Å². The van der Waals surface area contributed by atoms with Crippen molar-refractivity contribution in [3.8, 4) is 0 Å². The van der Waals surface area contributed by atoms with Gasteiger partial charge in [-0.3, -0.25) is 0 Å². The van der Waals surface area contributed by atoms with Gasteiger partial charge >= 0.3 is 0 Å². The molecule has 2 rings (SSSR count). The number of benzene rings is 1. The largest absolute Gasteiger partial charge is 0.392 e. The number of fused-ring (bicyclic) bond motifs is 1. The van der Waals surface area contributed by atoms with E-state index in [1.165, 1.54) is 15.6 Å². The maximum absolute atomic E-state index is 9.00. The lowest BCUT2D eigenvalue weighted by molar-refractivity contribution is 0.284. The molecule has 0 atom stereocenters. The average molecular weight is 178 g/mol. The summed E-state index contributed by atoms with van der Waals surface area (Å²) in [5, 5.41) is 12.2. The minimum atomic E-state index is 0.142. The maximum atomic E-state index is 9.00. The van der Waals surface area contributed by atoms with Crippen LogP contribution in [0.4, 0.5) is 0 Å². The smallest absolute Gasteiger partial charge is 0.0696 e. The van der Waals surface area contributed by atoms with Crippen molar-refractivity contribution in [2.24, 2.45) is 0 Å². The van der Waals surface area contributed by atoms with Crippen LogP contribution in [-0.4, -0.2) is 5.11 Å². The van der Waals surface area contributed by atoms with E-state index >= 15 is 0 Å². The highest BCUT2D eigenvalue weighted by atomic mass is 32.1. The highest BCUT2D eigenvalue weighted by Crippen LogP contribution is 2.26. The minimum absolute atomic E-state index is 0.142. The van der Waals surface area contributed by atoms with Gasteiger partial charge in [0.2, 0.25) is 0 Å². The Labute approximate surface area is 75.3 Å². The van der Waals surface area contributed by atoms with Gasteiger partial charge in [0.05, 0.1) is 6.61 Å². The lowest BCUT2D eigenvalue weighted by Crippen LogP contribution is -1.78. The second-order valence-electron chi connectivity index (χ2n) is 2.92. The highest BCUT2D eigenvalue weighted by Gasteiger charge is 2.01. The molecular formula is C10H10OS. The summed E-state index contributed by atoms with van der Waals surface area (Å²) in [7, 11) is 0. The van der Waals surface area contributed by atoms with Gasteiger partial charge in [-0.25, -0.2) is 0 Å². The third kappa shape index (κ3) is 1.13. The van der Waals surface area contributed by atoms with Crippen LogP contribution in [0.15, 0.2) is 23.6 Å². The first kappa shape index (κ1) is 7.77. The summed E-state index contributed by atoms with van der Waals surface area (Å²) < 4.78 is 1.26. The van der Waals surface area contributed by atoms with Crippen LogP contribution in [-0.2, 0) is 6.61 Å². The standard InChI is InChI=1S/C10H10OS/c1-7-2-3-9-8(5-11)6-12-10(9)4-7/h2-4,6,11H,5H2,1H3. The second-order valence-corrected chi connectivity index (χ2v) is 3.83. The molecule has 1 aromatic carbocycles. The van der Waals surface area contributed by atoms with Gasteiger partial charge in [0, 0.05) is 4.70 Å². The van der Waals surface area contributed by atoms with Gasteiger partial charge in [0.15, 0.2) is 0 Å². The summed E-state index contributed by atoms with van der Waals surface area (Å²) in [5.74, 6) is 0. The predicted molar refractivity (Wildman–Crippen MR) is 52.5 cm³/mol. The molecule has 2 heteroatoms. The quantitative estimate of drug-likeness (QED) is 0.711. The number of aliphatic hydroxyl groups is 1. The molecule has 2 aromatic rings. The van der Waals surface area contributed by atoms with Gasteiger partial charge in [0.25, 0.3) is 0 Å². The lowest BCUT2D eigenvalue weighted by atomic mass is 10.1. The molecule has 0 unspecified atom stereocenters. The zero-order chi connectivity index (χ0) is 8.55. The number of hydrogen-bond acceptors (Lipinski definition) is 2. The van der Waals surface area contributed by atoms with E-state index in [9.17, 15) is 0 Å². The summed E-state index contributed by atoms with van der Waals surface area (Å²) in [6, 6.07) is 6.31. The molecule has 0 saturated carbocycles. The monoisotopic (exact) mass is 178 g/mol. The number of aliphatic hydroxyl groups excluding tert-OH is 1. The Kier molecular flexibility index (Phi) is 1.87. The van der Waals surface area contributed by atoms with Crippen LogP contribution in [0.25, 0.3) is 10.1 Å². The molecule has 0 fully saturated rings. The van der Waals surface area contributed by atoms with Crippen molar-refractivity contribution in [2.45, 2.75) is 13.5 Å². The van der Waals surface area contributed by atoms with Crippen LogP contribution in [0.3, 0.4) is 0 Å². The van der Waals surface area contributed by atoms with Gasteiger partial charge in [-0.2, -0.15) is 0 Å². The Morgan fingerprint density at radius 3 is 3.00 bits per heavy atom. The van der Waals surface area contributed by atoms with Crippen LogP contribution < -0.4 is 0 Å². The van der Waals surface area contributed by atoms with E-state index < -0.39 is 0 Å². The van der Waals surface area contributed by atoms with E-state index in [0.717, 1.165) is 5.56 Å². The van der Waals surface area contributed by atoms with Crippen molar-refractivity contribution >= 4 is 21.4 Å². The van der Waals surface area contributed by atoms with E-state index in [1.54, 1.807) is 11.3 Å². The molecule has 0 saturated heterocycles. The zero-order valence-corrected chi connectivity index (χ0v) is 7.69. The summed E-state index contributed by atoms with van der Waals surface area (Å²) in [5.41, 5.74) is 2.31. The fraction of sp³-hybridized carbons (Fsp3) is 0.200. The normalized spacial score (nSPS) is 10.8. The molecule has 0 aliphatic carbocycles. The van der Waals surface area contributed by atoms with Crippen molar-refractivity contribution < 1.29 is 5.11 Å². The van der Waals surface area contributed by atoms with Crippen molar-refractivity contribution in [2.75, 3.05) is 0 Å². The molecule has 1 heterocycles. The van der Waals surface area contributed by atoms with E-state index in [-0.39, 0.29) is 6.61 Å². The molecule has 0 bridgehead atoms. The Morgan fingerprint density at radius 2 is 2.25 bits per heavy atom. The molecule has 1 nitrogen and oxygen atoms in total. The van der Waals surface area contributed by atoms with Crippen LogP contribution in [0.5, 0.6) is 0 Å². The van der Waals surface area contributed by atoms with Gasteiger partial charge in [-0.05, 0) is 34.9 Å². The number of rotatable bonds is 1. The van der Waals surface area contributed by atoms with Crippen molar-refractivity contribution in [1.29, 1.82) is 0 Å². The van der Waals surface area contributed by atoms with E-state index in [4.69, 9.17) is 5.11 Å². The molecule has 1 aromatic heterocycles. The highest BCUT2D eigenvalue weighted by molar-refractivity contribution is 7.17. The number of aryl methyl sites for hydroxylation is 1. The molecule has 0 radical (unpaired) electrons. The fourth-order valence-corrected chi connectivity index (χ4v) is 2.36. The van der Waals surface area contributed by atoms with Crippen LogP contribution in [0.1, 0.15) is 11.1 Å². The Bertz CT molecular complexity index is 403. The summed E-state index contributed by atoms with van der Waals surface area (Å²) in [6.45, 7) is 2.22. The van der Waals surface area contributed by atoms with Crippen LogP contribution in [0.2, 0.25) is 0 Å². The molecule has 0 aliphatic rings. The third-order valence-electron chi connectivity index (χ3n) is 1.98. The van der Waals surface area contributed by atoms with Crippen LogP contribution in [0, 0.1) is 6.92 Å². The first-order chi connectivity index (χ1) is 5.81. The average Bonchev–Trinajstić information content (AvgIpc) is 2.46. The maximum Gasteiger partial charge on any atom is 0.0696 e. The van der Waals surface area contributed by atoms with E-state index in [1.807, 2.05) is 5.38 Å². The molecule has 0 aliphatic heterocycles. The molecule has 12 heavy (non-hydrogen) atoms. The Morgan fingerprint density at radius 1 is 1.42 bits per heavy atom. The minimum Gasteiger partial charge on any atom is -0.392 e. The number of hydrogen-bond donors (Lipinski definition) is 1. The second kappa shape index (κ2) is 2.88. The molecule has 0 spiro atoms. The van der Waals surface area contributed by atoms with Gasteiger partial charge in [0.1, 0.15) is 0 Å². The van der Waals surface area contributed by atoms with E-state index in [0.29, 0.717) is 0 Å².